The average molecular weight is 695 g/mol. The lowest BCUT2D eigenvalue weighted by Gasteiger charge is -2.37. The van der Waals surface area contributed by atoms with Crippen molar-refractivity contribution in [2.75, 3.05) is 47.3 Å². The van der Waals surface area contributed by atoms with E-state index in [0.717, 1.165) is 18.2 Å². The number of hydrogen-bond donors (Lipinski definition) is 3. The first-order valence-corrected chi connectivity index (χ1v) is 18.7. The molecule has 16 heteroatoms. The smallest absolute Gasteiger partial charge is 0.331 e. The van der Waals surface area contributed by atoms with Crippen molar-refractivity contribution >= 4 is 49.3 Å². The molecule has 0 aliphatic carbocycles. The molecule has 2 atom stereocenters. The first-order valence-electron chi connectivity index (χ1n) is 14.9. The number of nitrogens with one attached hydrogen (secondary N) is 3. The Hall–Kier alpha value is -3.70. The summed E-state index contributed by atoms with van der Waals surface area (Å²) in [7, 11) is 0.348. The SMILES string of the molecule is COCCOCC(=O)NCc1ccc(-c2nc(C(=O)N[C@@H](CO[Si](C)(C)C(C)(C)C)C(=O)N[C@@H](COC(C)=O)C(=O)OC)cs2)cc1. The summed E-state index contributed by atoms with van der Waals surface area (Å²) >= 11 is 1.25. The molecule has 1 heterocycles. The molecule has 0 saturated heterocycles. The molecule has 0 aliphatic rings. The zero-order chi connectivity index (χ0) is 35.2. The molecule has 260 valence electrons. The highest BCUT2D eigenvalue weighted by Gasteiger charge is 2.39. The van der Waals surface area contributed by atoms with Gasteiger partial charge < -0.3 is 39.3 Å². The topological polar surface area (TPSA) is 180 Å². The molecule has 0 bridgehead atoms. The van der Waals surface area contributed by atoms with Gasteiger partial charge in [-0.05, 0) is 23.7 Å². The van der Waals surface area contributed by atoms with E-state index in [1.807, 2.05) is 58.1 Å². The highest BCUT2D eigenvalue weighted by Crippen LogP contribution is 2.36. The Labute approximate surface area is 280 Å². The molecule has 3 N–H and O–H groups in total. The summed E-state index contributed by atoms with van der Waals surface area (Å²) in [6.07, 6.45) is 0. The van der Waals surface area contributed by atoms with Crippen LogP contribution in [0.25, 0.3) is 10.6 Å². The zero-order valence-corrected chi connectivity index (χ0v) is 30.0. The molecule has 3 amide bonds. The number of methoxy groups -OCH3 is 2. The molecule has 0 radical (unpaired) electrons. The van der Waals surface area contributed by atoms with E-state index in [4.69, 9.17) is 23.4 Å². The third kappa shape index (κ3) is 13.1. The maximum Gasteiger partial charge on any atom is 0.331 e. The van der Waals surface area contributed by atoms with E-state index < -0.39 is 50.8 Å². The van der Waals surface area contributed by atoms with Crippen LogP contribution in [-0.4, -0.2) is 102 Å². The molecular formula is C31H46N4O10SSi. The van der Waals surface area contributed by atoms with Crippen molar-refractivity contribution in [1.82, 2.24) is 20.9 Å². The van der Waals surface area contributed by atoms with E-state index in [9.17, 15) is 24.0 Å². The molecule has 47 heavy (non-hydrogen) atoms. The Balaban J connectivity index is 2.14. The fourth-order valence-electron chi connectivity index (χ4n) is 3.54. The zero-order valence-electron chi connectivity index (χ0n) is 28.2. The van der Waals surface area contributed by atoms with E-state index in [2.05, 4.69) is 20.9 Å². The van der Waals surface area contributed by atoms with Crippen LogP contribution in [-0.2, 0) is 49.1 Å². The van der Waals surface area contributed by atoms with Gasteiger partial charge in [-0.2, -0.15) is 0 Å². The molecule has 2 rings (SSSR count). The second-order valence-corrected chi connectivity index (χ2v) is 17.7. The lowest BCUT2D eigenvalue weighted by molar-refractivity contribution is -0.151. The minimum absolute atomic E-state index is 0.0591. The Morgan fingerprint density at radius 1 is 0.957 bits per heavy atom. The predicted octanol–water partition coefficient (Wildman–Crippen LogP) is 2.43. The highest BCUT2D eigenvalue weighted by molar-refractivity contribution is 7.13. The van der Waals surface area contributed by atoms with E-state index in [-0.39, 0.29) is 29.9 Å². The van der Waals surface area contributed by atoms with Crippen LogP contribution in [0.4, 0.5) is 0 Å². The quantitative estimate of drug-likeness (QED) is 0.119. The van der Waals surface area contributed by atoms with Crippen LogP contribution in [0, 0.1) is 0 Å². The molecule has 0 aliphatic heterocycles. The number of thiazole rings is 1. The summed E-state index contributed by atoms with van der Waals surface area (Å²) in [6, 6.07) is 4.85. The van der Waals surface area contributed by atoms with Gasteiger partial charge in [0, 0.05) is 31.5 Å². The minimum atomic E-state index is -2.35. The number of carbonyl (C=O) groups excluding carboxylic acids is 5. The summed E-state index contributed by atoms with van der Waals surface area (Å²) in [5.74, 6) is -3.04. The standard InChI is InChI=1S/C31H46N4O10SSi/c1-20(36)44-16-24(30(40)42-6)34-27(38)23(17-45-47(7,8)31(2,3)4)33-28(39)25-19-46-29(35-25)22-11-9-21(10-12-22)15-32-26(37)18-43-14-13-41-5/h9-12,19,23-24H,13-18H2,1-8H3,(H,32,37)(H,33,39)(H,34,38)/t23-,24-/m0/s1. The van der Waals surface area contributed by atoms with Crippen LogP contribution in [0.1, 0.15) is 43.7 Å². The maximum atomic E-state index is 13.4. The lowest BCUT2D eigenvalue weighted by atomic mass is 10.1. The van der Waals surface area contributed by atoms with Gasteiger partial charge in [-0.1, -0.05) is 45.0 Å². The number of carbonyl (C=O) groups is 5. The molecule has 2 aromatic rings. The number of esters is 2. The van der Waals surface area contributed by atoms with Crippen molar-refractivity contribution in [3.05, 3.63) is 40.9 Å². The summed E-state index contributed by atoms with van der Waals surface area (Å²) in [6.45, 7) is 11.7. The Morgan fingerprint density at radius 2 is 1.64 bits per heavy atom. The van der Waals surface area contributed by atoms with Gasteiger partial charge >= 0.3 is 11.9 Å². The van der Waals surface area contributed by atoms with Crippen molar-refractivity contribution in [3.8, 4) is 10.6 Å². The summed E-state index contributed by atoms with van der Waals surface area (Å²) in [5.41, 5.74) is 1.71. The van der Waals surface area contributed by atoms with Crippen molar-refractivity contribution in [3.63, 3.8) is 0 Å². The Bertz CT molecular complexity index is 1360. The first-order chi connectivity index (χ1) is 22.1. The van der Waals surface area contributed by atoms with Crippen molar-refractivity contribution in [2.24, 2.45) is 0 Å². The Morgan fingerprint density at radius 3 is 2.23 bits per heavy atom. The van der Waals surface area contributed by atoms with Gasteiger partial charge in [-0.3, -0.25) is 19.2 Å². The third-order valence-electron chi connectivity index (χ3n) is 7.39. The molecule has 0 saturated carbocycles. The van der Waals surface area contributed by atoms with Crippen molar-refractivity contribution < 1.29 is 47.3 Å². The number of ether oxygens (including phenoxy) is 4. The second kappa shape index (κ2) is 18.6. The maximum absolute atomic E-state index is 13.4. The highest BCUT2D eigenvalue weighted by atomic mass is 32.1. The molecule has 1 aromatic carbocycles. The number of aromatic nitrogens is 1. The lowest BCUT2D eigenvalue weighted by Crippen LogP contribution is -2.56. The van der Waals surface area contributed by atoms with Gasteiger partial charge in [0.05, 0.1) is 26.9 Å². The van der Waals surface area contributed by atoms with E-state index in [1.54, 1.807) is 12.5 Å². The van der Waals surface area contributed by atoms with Gasteiger partial charge in [0.1, 0.15) is 30.0 Å². The molecule has 0 fully saturated rings. The van der Waals surface area contributed by atoms with Crippen LogP contribution in [0.2, 0.25) is 18.1 Å². The fraction of sp³-hybridized carbons (Fsp3) is 0.548. The monoisotopic (exact) mass is 694 g/mol. The second-order valence-electron chi connectivity index (χ2n) is 12.0. The molecule has 14 nitrogen and oxygen atoms in total. The molecule has 1 aromatic heterocycles. The van der Waals surface area contributed by atoms with Crippen LogP contribution in [0.15, 0.2) is 29.6 Å². The number of hydrogen-bond acceptors (Lipinski definition) is 12. The Kier molecular flexibility index (Phi) is 15.6. The van der Waals surface area contributed by atoms with Crippen LogP contribution in [0.3, 0.4) is 0 Å². The van der Waals surface area contributed by atoms with Crippen molar-refractivity contribution in [1.29, 1.82) is 0 Å². The largest absolute Gasteiger partial charge is 0.467 e. The van der Waals surface area contributed by atoms with E-state index in [1.165, 1.54) is 18.3 Å². The van der Waals surface area contributed by atoms with Gasteiger partial charge in [0.25, 0.3) is 5.91 Å². The minimum Gasteiger partial charge on any atom is -0.467 e. The number of rotatable bonds is 18. The number of benzene rings is 1. The molecule has 0 spiro atoms. The number of amides is 3. The van der Waals surface area contributed by atoms with Gasteiger partial charge in [-0.15, -0.1) is 11.3 Å². The molecular weight excluding hydrogens is 649 g/mol. The van der Waals surface area contributed by atoms with Crippen molar-refractivity contribution in [2.45, 2.75) is 64.5 Å². The fourth-order valence-corrected chi connectivity index (χ4v) is 5.36. The van der Waals surface area contributed by atoms with Gasteiger partial charge in [-0.25, -0.2) is 9.78 Å². The summed E-state index contributed by atoms with van der Waals surface area (Å²) < 4.78 is 26.0. The van der Waals surface area contributed by atoms with E-state index >= 15 is 0 Å². The summed E-state index contributed by atoms with van der Waals surface area (Å²) in [4.78, 5) is 66.7. The molecule has 0 unspecified atom stereocenters. The predicted molar refractivity (Wildman–Crippen MR) is 177 cm³/mol. The first kappa shape index (κ1) is 39.5. The van der Waals surface area contributed by atoms with Crippen LogP contribution in [0.5, 0.6) is 0 Å². The third-order valence-corrected chi connectivity index (χ3v) is 12.8. The summed E-state index contributed by atoms with van der Waals surface area (Å²) in [5, 5.41) is 9.93. The van der Waals surface area contributed by atoms with Crippen LogP contribution < -0.4 is 16.0 Å². The van der Waals surface area contributed by atoms with E-state index in [0.29, 0.717) is 24.8 Å². The number of nitrogens with zero attached hydrogens (tertiary/aromatic N) is 1. The van der Waals surface area contributed by atoms with Gasteiger partial charge in [0.2, 0.25) is 11.8 Å². The average Bonchev–Trinajstić information content (AvgIpc) is 3.52. The normalized spacial score (nSPS) is 12.9. The van der Waals surface area contributed by atoms with Gasteiger partial charge in [0.15, 0.2) is 14.4 Å². The van der Waals surface area contributed by atoms with Crippen LogP contribution >= 0.6 is 11.3 Å².